The van der Waals surface area contributed by atoms with Gasteiger partial charge in [-0.25, -0.2) is 13.1 Å². The van der Waals surface area contributed by atoms with E-state index in [0.717, 1.165) is 16.8 Å². The Morgan fingerprint density at radius 1 is 1.20 bits per heavy atom. The van der Waals surface area contributed by atoms with E-state index < -0.39 is 10.0 Å². The molecule has 0 unspecified atom stereocenters. The Labute approximate surface area is 181 Å². The van der Waals surface area contributed by atoms with Crippen molar-refractivity contribution in [1.29, 1.82) is 0 Å². The molecule has 9 heteroatoms. The molecular formula is C21H24ClN3O4S. The molecule has 2 aromatic rings. The number of rotatable bonds is 6. The molecule has 7 nitrogen and oxygen atoms in total. The summed E-state index contributed by atoms with van der Waals surface area (Å²) in [6.07, 6.45) is 0.557. The third-order valence-electron chi connectivity index (χ3n) is 4.96. The van der Waals surface area contributed by atoms with Gasteiger partial charge in [-0.05, 0) is 61.7 Å². The quantitative estimate of drug-likeness (QED) is 0.707. The first-order valence-electron chi connectivity index (χ1n) is 9.57. The molecule has 3 rings (SSSR count). The maximum atomic E-state index is 12.6. The predicted octanol–water partition coefficient (Wildman–Crippen LogP) is 3.25. The third kappa shape index (κ3) is 4.83. The van der Waals surface area contributed by atoms with Gasteiger partial charge in [0.2, 0.25) is 21.8 Å². The van der Waals surface area contributed by atoms with Crippen LogP contribution in [0, 0.1) is 6.92 Å². The highest BCUT2D eigenvalue weighted by Gasteiger charge is 2.30. The number of nitrogens with zero attached hydrogens (tertiary/aromatic N) is 1. The lowest BCUT2D eigenvalue weighted by Crippen LogP contribution is -2.33. The van der Waals surface area contributed by atoms with E-state index in [2.05, 4.69) is 10.0 Å². The van der Waals surface area contributed by atoms with Gasteiger partial charge in [0.1, 0.15) is 0 Å². The molecule has 0 aliphatic carbocycles. The summed E-state index contributed by atoms with van der Waals surface area (Å²) in [6, 6.07) is 9.97. The van der Waals surface area contributed by atoms with Gasteiger partial charge >= 0.3 is 0 Å². The highest BCUT2D eigenvalue weighted by molar-refractivity contribution is 7.89. The van der Waals surface area contributed by atoms with Crippen LogP contribution in [0.4, 0.5) is 11.4 Å². The summed E-state index contributed by atoms with van der Waals surface area (Å²) in [4.78, 5) is 25.7. The summed E-state index contributed by atoms with van der Waals surface area (Å²) in [6.45, 7) is 5.26. The molecule has 0 saturated heterocycles. The van der Waals surface area contributed by atoms with Gasteiger partial charge in [0, 0.05) is 31.6 Å². The lowest BCUT2D eigenvalue weighted by atomic mass is 10.1. The van der Waals surface area contributed by atoms with Crippen LogP contribution in [0.25, 0.3) is 0 Å². The van der Waals surface area contributed by atoms with Crippen molar-refractivity contribution >= 4 is 44.8 Å². The number of sulfonamides is 1. The number of halogens is 1. The van der Waals surface area contributed by atoms with Crippen LogP contribution in [-0.2, 0) is 26.0 Å². The van der Waals surface area contributed by atoms with Crippen LogP contribution in [0.1, 0.15) is 31.4 Å². The zero-order valence-electron chi connectivity index (χ0n) is 17.0. The van der Waals surface area contributed by atoms with Crippen LogP contribution in [0.5, 0.6) is 0 Å². The van der Waals surface area contributed by atoms with Gasteiger partial charge in [-0.2, -0.15) is 0 Å². The summed E-state index contributed by atoms with van der Waals surface area (Å²) in [5, 5.41) is 3.10. The van der Waals surface area contributed by atoms with Gasteiger partial charge in [-0.15, -0.1) is 0 Å². The molecule has 0 radical (unpaired) electrons. The lowest BCUT2D eigenvalue weighted by molar-refractivity contribution is -0.117. The van der Waals surface area contributed by atoms with Crippen LogP contribution in [0.2, 0.25) is 5.02 Å². The van der Waals surface area contributed by atoms with E-state index in [1.165, 1.54) is 13.0 Å². The van der Waals surface area contributed by atoms with Crippen molar-refractivity contribution in [3.63, 3.8) is 0 Å². The fraction of sp³-hybridized carbons (Fsp3) is 0.333. The Kier molecular flexibility index (Phi) is 6.50. The number of fused-ring (bicyclic) bond motifs is 1. The van der Waals surface area contributed by atoms with Crippen molar-refractivity contribution in [2.75, 3.05) is 16.8 Å². The van der Waals surface area contributed by atoms with Crippen molar-refractivity contribution in [2.45, 2.75) is 44.6 Å². The van der Waals surface area contributed by atoms with Gasteiger partial charge in [0.15, 0.2) is 0 Å². The number of carbonyl (C=O) groups is 2. The zero-order chi connectivity index (χ0) is 22.1. The van der Waals surface area contributed by atoms with Gasteiger partial charge in [0.25, 0.3) is 0 Å². The molecule has 1 atom stereocenters. The Hall–Kier alpha value is -2.42. The second-order valence-electron chi connectivity index (χ2n) is 7.41. The van der Waals surface area contributed by atoms with E-state index in [1.807, 2.05) is 19.9 Å². The van der Waals surface area contributed by atoms with Crippen LogP contribution in [0.15, 0.2) is 41.3 Å². The minimum Gasteiger partial charge on any atom is -0.325 e. The number of nitrogens with one attached hydrogen (secondary N) is 2. The third-order valence-corrected chi connectivity index (χ3v) is 6.73. The number of hydrogen-bond acceptors (Lipinski definition) is 4. The normalized spacial score (nSPS) is 15.7. The minimum atomic E-state index is -3.78. The SMILES string of the molecule is CC(=O)N1c2ccc(S(=O)(=O)NCCC(=O)Nc3ccc(C)cc3Cl)cc2C[C@@H]1C. The van der Waals surface area contributed by atoms with Crippen molar-refractivity contribution in [3.8, 4) is 0 Å². The molecule has 160 valence electrons. The number of aryl methyl sites for hydroxylation is 1. The van der Waals surface area contributed by atoms with E-state index in [9.17, 15) is 18.0 Å². The van der Waals surface area contributed by atoms with Crippen LogP contribution in [-0.4, -0.2) is 32.8 Å². The molecule has 30 heavy (non-hydrogen) atoms. The molecule has 0 aromatic heterocycles. The first kappa shape index (κ1) is 22.3. The maximum absolute atomic E-state index is 12.6. The number of carbonyl (C=O) groups excluding carboxylic acids is 2. The Balaban J connectivity index is 1.61. The molecule has 1 heterocycles. The number of anilines is 2. The monoisotopic (exact) mass is 449 g/mol. The highest BCUT2D eigenvalue weighted by atomic mass is 35.5. The predicted molar refractivity (Wildman–Crippen MR) is 117 cm³/mol. The highest BCUT2D eigenvalue weighted by Crippen LogP contribution is 2.33. The van der Waals surface area contributed by atoms with Gasteiger partial charge in [-0.3, -0.25) is 9.59 Å². The number of benzene rings is 2. The molecule has 1 aliphatic rings. The maximum Gasteiger partial charge on any atom is 0.240 e. The van der Waals surface area contributed by atoms with E-state index in [-0.39, 0.29) is 35.7 Å². The molecule has 0 spiro atoms. The van der Waals surface area contributed by atoms with Crippen molar-refractivity contribution in [2.24, 2.45) is 0 Å². The number of hydrogen-bond donors (Lipinski definition) is 2. The lowest BCUT2D eigenvalue weighted by Gasteiger charge is -2.20. The fourth-order valence-corrected chi connectivity index (χ4v) is 4.94. The van der Waals surface area contributed by atoms with Gasteiger partial charge in [-0.1, -0.05) is 17.7 Å². The van der Waals surface area contributed by atoms with Crippen LogP contribution in [0.3, 0.4) is 0 Å². The smallest absolute Gasteiger partial charge is 0.240 e. The van der Waals surface area contributed by atoms with Crippen molar-refractivity contribution < 1.29 is 18.0 Å². The summed E-state index contributed by atoms with van der Waals surface area (Å²) < 4.78 is 27.7. The average Bonchev–Trinajstić information content (AvgIpc) is 2.99. The van der Waals surface area contributed by atoms with Crippen LogP contribution >= 0.6 is 11.6 Å². The molecule has 2 N–H and O–H groups in total. The molecular weight excluding hydrogens is 426 g/mol. The van der Waals surface area contributed by atoms with Gasteiger partial charge in [0.05, 0.1) is 15.6 Å². The fourth-order valence-electron chi connectivity index (χ4n) is 3.57. The summed E-state index contributed by atoms with van der Waals surface area (Å²) >= 11 is 6.10. The molecule has 0 fully saturated rings. The van der Waals surface area contributed by atoms with Crippen molar-refractivity contribution in [1.82, 2.24) is 4.72 Å². The van der Waals surface area contributed by atoms with E-state index >= 15 is 0 Å². The van der Waals surface area contributed by atoms with E-state index in [4.69, 9.17) is 11.6 Å². The Morgan fingerprint density at radius 2 is 1.93 bits per heavy atom. The molecule has 1 aliphatic heterocycles. The largest absolute Gasteiger partial charge is 0.325 e. The topological polar surface area (TPSA) is 95.6 Å². The van der Waals surface area contributed by atoms with Gasteiger partial charge < -0.3 is 10.2 Å². The number of amides is 2. The first-order valence-corrected chi connectivity index (χ1v) is 11.4. The minimum absolute atomic E-state index is 0.0132. The molecule has 0 saturated carbocycles. The molecule has 0 bridgehead atoms. The second kappa shape index (κ2) is 8.75. The van der Waals surface area contributed by atoms with Crippen molar-refractivity contribution in [3.05, 3.63) is 52.5 Å². The summed E-state index contributed by atoms with van der Waals surface area (Å²) in [5.74, 6) is -0.419. The standard InChI is InChI=1S/C21H24ClN3O4S/c1-13-4-6-19(18(22)10-13)24-21(27)8-9-23-30(28,29)17-5-7-20-16(12-17)11-14(2)25(20)15(3)26/h4-7,10,12,14,23H,8-9,11H2,1-3H3,(H,24,27)/t14-/m0/s1. The molecule has 2 amide bonds. The molecule has 2 aromatic carbocycles. The Morgan fingerprint density at radius 3 is 2.60 bits per heavy atom. The van der Waals surface area contributed by atoms with Crippen LogP contribution < -0.4 is 14.9 Å². The Bertz CT molecular complexity index is 1100. The van der Waals surface area contributed by atoms with E-state index in [1.54, 1.807) is 29.2 Å². The van der Waals surface area contributed by atoms with E-state index in [0.29, 0.717) is 17.1 Å². The first-order chi connectivity index (χ1) is 14.1. The summed E-state index contributed by atoms with van der Waals surface area (Å²) in [7, 11) is -3.78. The zero-order valence-corrected chi connectivity index (χ0v) is 18.6. The second-order valence-corrected chi connectivity index (χ2v) is 9.59. The summed E-state index contributed by atoms with van der Waals surface area (Å²) in [5.41, 5.74) is 3.01. The average molecular weight is 450 g/mol.